The zero-order valence-electron chi connectivity index (χ0n) is 15.3. The number of aryl methyl sites for hydroxylation is 1. The van der Waals surface area contributed by atoms with Crippen molar-refractivity contribution in [2.45, 2.75) is 23.1 Å². The highest BCUT2D eigenvalue weighted by molar-refractivity contribution is 8.00. The highest BCUT2D eigenvalue weighted by Gasteiger charge is 2.56. The first-order valence-corrected chi connectivity index (χ1v) is 10.8. The van der Waals surface area contributed by atoms with E-state index in [9.17, 15) is 19.5 Å². The number of aromatic hydroxyl groups is 1. The van der Waals surface area contributed by atoms with Gasteiger partial charge in [-0.3, -0.25) is 14.4 Å². The summed E-state index contributed by atoms with van der Waals surface area (Å²) < 4.78 is 0. The average Bonchev–Trinajstić information content (AvgIpc) is 3.17. The minimum absolute atomic E-state index is 0.119. The zero-order chi connectivity index (χ0) is 20.3. The summed E-state index contributed by atoms with van der Waals surface area (Å²) in [5.74, 6) is -1.45. The fraction of sp³-hybridized carbons (Fsp3) is 0.190. The molecule has 146 valence electrons. The zero-order valence-corrected chi connectivity index (χ0v) is 16.9. The lowest BCUT2D eigenvalue weighted by Crippen LogP contribution is -2.32. The molecule has 2 aromatic carbocycles. The Morgan fingerprint density at radius 1 is 1.03 bits per heavy atom. The number of phenolic OH excluding ortho intramolecular Hbond substituents is 1. The maximum absolute atomic E-state index is 13.5. The normalized spacial score (nSPS) is 23.2. The molecule has 2 amide bonds. The summed E-state index contributed by atoms with van der Waals surface area (Å²) in [5.41, 5.74) is 2.32. The van der Waals surface area contributed by atoms with Gasteiger partial charge in [0.25, 0.3) is 0 Å². The summed E-state index contributed by atoms with van der Waals surface area (Å²) in [7, 11) is 0. The molecule has 0 saturated carbocycles. The number of phenols is 1. The van der Waals surface area contributed by atoms with Crippen molar-refractivity contribution in [3.63, 3.8) is 0 Å². The van der Waals surface area contributed by atoms with Gasteiger partial charge in [-0.1, -0.05) is 47.4 Å². The van der Waals surface area contributed by atoms with Crippen molar-refractivity contribution in [1.82, 2.24) is 4.98 Å². The van der Waals surface area contributed by atoms with Gasteiger partial charge in [0, 0.05) is 10.8 Å². The number of H-pyrrole nitrogens is 1. The van der Waals surface area contributed by atoms with Crippen molar-refractivity contribution in [1.29, 1.82) is 0 Å². The fourth-order valence-electron chi connectivity index (χ4n) is 4.08. The summed E-state index contributed by atoms with van der Waals surface area (Å²) in [4.78, 5) is 43.4. The first kappa shape index (κ1) is 18.2. The standard InChI is InChI=1S/C21H16N2O4S2/c1-10-3-2-4-12(9-10)23-19(25)15-14(11-5-7-13(24)8-6-11)16-18(22-21(27)29-16)28-17(15)20(23)26/h2-9,14-15,17,24H,1H3,(H,22,27). The molecule has 5 rings (SSSR count). The van der Waals surface area contributed by atoms with E-state index in [2.05, 4.69) is 4.98 Å². The first-order chi connectivity index (χ1) is 13.9. The first-order valence-electron chi connectivity index (χ1n) is 9.07. The number of hydrogen-bond acceptors (Lipinski definition) is 6. The highest BCUT2D eigenvalue weighted by Crippen LogP contribution is 2.53. The summed E-state index contributed by atoms with van der Waals surface area (Å²) >= 11 is 2.33. The minimum atomic E-state index is -0.614. The van der Waals surface area contributed by atoms with Gasteiger partial charge >= 0.3 is 4.87 Å². The average molecular weight is 425 g/mol. The molecule has 2 aliphatic rings. The molecule has 8 heteroatoms. The van der Waals surface area contributed by atoms with Gasteiger partial charge in [-0.15, -0.1) is 0 Å². The summed E-state index contributed by atoms with van der Waals surface area (Å²) in [5, 5.41) is 9.70. The van der Waals surface area contributed by atoms with Gasteiger partial charge in [-0.05, 0) is 42.3 Å². The fourth-order valence-corrected chi connectivity index (χ4v) is 6.59. The topological polar surface area (TPSA) is 90.5 Å². The molecule has 3 atom stereocenters. The van der Waals surface area contributed by atoms with Gasteiger partial charge in [0.05, 0.1) is 16.6 Å². The number of aromatic nitrogens is 1. The van der Waals surface area contributed by atoms with Gasteiger partial charge in [-0.25, -0.2) is 4.90 Å². The Morgan fingerprint density at radius 2 is 1.79 bits per heavy atom. The number of benzene rings is 2. The van der Waals surface area contributed by atoms with Crippen LogP contribution in [0.2, 0.25) is 0 Å². The number of carbonyl (C=O) groups is 2. The van der Waals surface area contributed by atoms with Gasteiger partial charge < -0.3 is 10.1 Å². The molecular weight excluding hydrogens is 408 g/mol. The van der Waals surface area contributed by atoms with E-state index < -0.39 is 17.1 Å². The van der Waals surface area contributed by atoms with E-state index in [0.29, 0.717) is 10.7 Å². The molecule has 0 spiro atoms. The maximum atomic E-state index is 13.5. The SMILES string of the molecule is Cc1cccc(N2C(=O)C3Sc4[nH]c(=O)sc4C(c4ccc(O)cc4)C3C2=O)c1. The van der Waals surface area contributed by atoms with Crippen molar-refractivity contribution < 1.29 is 14.7 Å². The Hall–Kier alpha value is -2.84. The Balaban J connectivity index is 1.66. The van der Waals surface area contributed by atoms with E-state index in [4.69, 9.17) is 0 Å². The molecule has 0 aliphatic carbocycles. The molecule has 2 aliphatic heterocycles. The molecule has 0 bridgehead atoms. The number of carbonyl (C=O) groups excluding carboxylic acids is 2. The lowest BCUT2D eigenvalue weighted by atomic mass is 9.83. The van der Waals surface area contributed by atoms with Crippen LogP contribution in [0.1, 0.15) is 21.9 Å². The van der Waals surface area contributed by atoms with Crippen molar-refractivity contribution in [2.24, 2.45) is 5.92 Å². The third kappa shape index (κ3) is 2.82. The van der Waals surface area contributed by atoms with Crippen LogP contribution in [0.25, 0.3) is 0 Å². The number of thioether (sulfide) groups is 1. The molecule has 29 heavy (non-hydrogen) atoms. The van der Waals surface area contributed by atoms with Crippen LogP contribution in [-0.4, -0.2) is 27.2 Å². The number of hydrogen-bond donors (Lipinski definition) is 2. The van der Waals surface area contributed by atoms with Crippen molar-refractivity contribution in [3.8, 4) is 5.75 Å². The molecule has 2 N–H and O–H groups in total. The monoisotopic (exact) mass is 424 g/mol. The number of imide groups is 1. The Kier molecular flexibility index (Phi) is 4.15. The maximum Gasteiger partial charge on any atom is 0.305 e. The highest BCUT2D eigenvalue weighted by atomic mass is 32.2. The number of fused-ring (bicyclic) bond motifs is 2. The van der Waals surface area contributed by atoms with Gasteiger partial charge in [0.15, 0.2) is 0 Å². The number of anilines is 1. The molecule has 0 radical (unpaired) electrons. The molecule has 1 aromatic heterocycles. The lowest BCUT2D eigenvalue weighted by Gasteiger charge is -2.29. The van der Waals surface area contributed by atoms with Gasteiger partial charge in [-0.2, -0.15) is 0 Å². The van der Waals surface area contributed by atoms with Crippen molar-refractivity contribution >= 4 is 40.6 Å². The largest absolute Gasteiger partial charge is 0.508 e. The number of amides is 2. The van der Waals surface area contributed by atoms with Crippen molar-refractivity contribution in [3.05, 3.63) is 74.2 Å². The predicted octanol–water partition coefficient (Wildman–Crippen LogP) is 3.25. The Labute approximate surface area is 174 Å². The number of aromatic amines is 1. The van der Waals surface area contributed by atoms with Crippen LogP contribution >= 0.6 is 23.1 Å². The predicted molar refractivity (Wildman–Crippen MR) is 112 cm³/mol. The molecule has 1 fully saturated rings. The summed E-state index contributed by atoms with van der Waals surface area (Å²) in [6, 6.07) is 13.9. The molecule has 6 nitrogen and oxygen atoms in total. The number of rotatable bonds is 2. The molecular formula is C21H16N2O4S2. The quantitative estimate of drug-likeness (QED) is 0.617. The van der Waals surface area contributed by atoms with Crippen LogP contribution in [0, 0.1) is 12.8 Å². The van der Waals surface area contributed by atoms with Crippen LogP contribution in [0.5, 0.6) is 5.75 Å². The van der Waals surface area contributed by atoms with E-state index in [1.54, 1.807) is 30.3 Å². The van der Waals surface area contributed by atoms with E-state index in [1.807, 2.05) is 25.1 Å². The third-order valence-corrected chi connectivity index (χ3v) is 7.74. The number of nitrogens with zero attached hydrogens (tertiary/aromatic N) is 1. The van der Waals surface area contributed by atoms with Crippen molar-refractivity contribution in [2.75, 3.05) is 4.90 Å². The Bertz CT molecular complexity index is 1200. The second-order valence-corrected chi connectivity index (χ2v) is 9.36. The van der Waals surface area contributed by atoms with Crippen LogP contribution < -0.4 is 9.77 Å². The minimum Gasteiger partial charge on any atom is -0.508 e. The van der Waals surface area contributed by atoms with E-state index in [-0.39, 0.29) is 22.4 Å². The molecule has 3 unspecified atom stereocenters. The van der Waals surface area contributed by atoms with Crippen LogP contribution in [0.15, 0.2) is 58.4 Å². The second kappa shape index (κ2) is 6.60. The second-order valence-electron chi connectivity index (χ2n) is 7.19. The number of thiazole rings is 1. The molecule has 1 saturated heterocycles. The van der Waals surface area contributed by atoms with Crippen LogP contribution in [0.3, 0.4) is 0 Å². The third-order valence-electron chi connectivity index (χ3n) is 5.34. The smallest absolute Gasteiger partial charge is 0.305 e. The van der Waals surface area contributed by atoms with E-state index in [1.165, 1.54) is 16.7 Å². The van der Waals surface area contributed by atoms with Gasteiger partial charge in [0.2, 0.25) is 11.8 Å². The molecule has 3 heterocycles. The van der Waals surface area contributed by atoms with E-state index >= 15 is 0 Å². The number of nitrogens with one attached hydrogen (secondary N) is 1. The summed E-state index contributed by atoms with van der Waals surface area (Å²) in [6.45, 7) is 1.91. The van der Waals surface area contributed by atoms with Crippen LogP contribution in [-0.2, 0) is 9.59 Å². The van der Waals surface area contributed by atoms with E-state index in [0.717, 1.165) is 27.3 Å². The van der Waals surface area contributed by atoms with Crippen LogP contribution in [0.4, 0.5) is 5.69 Å². The summed E-state index contributed by atoms with van der Waals surface area (Å²) in [6.07, 6.45) is 0. The Morgan fingerprint density at radius 3 is 2.52 bits per heavy atom. The molecule has 3 aromatic rings. The lowest BCUT2D eigenvalue weighted by molar-refractivity contribution is -0.122. The van der Waals surface area contributed by atoms with Gasteiger partial charge in [0.1, 0.15) is 11.0 Å².